The summed E-state index contributed by atoms with van der Waals surface area (Å²) in [5.41, 5.74) is 1.97. The van der Waals surface area contributed by atoms with Crippen LogP contribution in [0.1, 0.15) is 59.1 Å². The molecule has 0 aromatic heterocycles. The Morgan fingerprint density at radius 1 is 0.810 bits per heavy atom. The van der Waals surface area contributed by atoms with Crippen LogP contribution in [0.3, 0.4) is 0 Å². The quantitative estimate of drug-likeness (QED) is 0.718. The fourth-order valence-corrected chi connectivity index (χ4v) is 1.82. The SMILES string of the molecule is C.CC.CC.CC(c1ccccc1)c1ccc(O)cc1O. The Morgan fingerprint density at radius 3 is 1.81 bits per heavy atom. The van der Waals surface area contributed by atoms with Gasteiger partial charge in [-0.2, -0.15) is 0 Å². The standard InChI is InChI=1S/C14H14O2.2C2H6.CH4/c1-10(11-5-3-2-4-6-11)13-8-7-12(15)9-14(13)16;2*1-2;/h2-10,15-16H,1H3;2*1-2H3;1H4. The third-order valence-corrected chi connectivity index (χ3v) is 2.78. The molecule has 21 heavy (non-hydrogen) atoms. The summed E-state index contributed by atoms with van der Waals surface area (Å²) in [7, 11) is 0. The molecule has 0 heterocycles. The van der Waals surface area contributed by atoms with Gasteiger partial charge in [-0.3, -0.25) is 0 Å². The van der Waals surface area contributed by atoms with E-state index in [-0.39, 0.29) is 24.8 Å². The van der Waals surface area contributed by atoms with E-state index in [0.29, 0.717) is 0 Å². The van der Waals surface area contributed by atoms with Gasteiger partial charge in [-0.05, 0) is 11.6 Å². The first kappa shape index (κ1) is 21.3. The van der Waals surface area contributed by atoms with Crippen molar-refractivity contribution in [3.63, 3.8) is 0 Å². The third kappa shape index (κ3) is 6.35. The van der Waals surface area contributed by atoms with E-state index in [1.165, 1.54) is 6.07 Å². The number of hydrogen-bond acceptors (Lipinski definition) is 2. The minimum Gasteiger partial charge on any atom is -0.508 e. The van der Waals surface area contributed by atoms with Gasteiger partial charge in [0.15, 0.2) is 0 Å². The van der Waals surface area contributed by atoms with Crippen LogP contribution in [0.15, 0.2) is 48.5 Å². The molecule has 2 heteroatoms. The average molecular weight is 290 g/mol. The van der Waals surface area contributed by atoms with E-state index in [0.717, 1.165) is 11.1 Å². The van der Waals surface area contributed by atoms with E-state index in [4.69, 9.17) is 0 Å². The summed E-state index contributed by atoms with van der Waals surface area (Å²) in [6, 6.07) is 14.7. The molecule has 0 aliphatic rings. The summed E-state index contributed by atoms with van der Waals surface area (Å²) in [5.74, 6) is 0.333. The Balaban J connectivity index is 0. The van der Waals surface area contributed by atoms with Crippen LogP contribution in [0, 0.1) is 0 Å². The molecule has 0 aliphatic heterocycles. The second-order valence-electron chi connectivity index (χ2n) is 3.88. The van der Waals surface area contributed by atoms with Crippen molar-refractivity contribution < 1.29 is 10.2 Å². The molecule has 0 bridgehead atoms. The van der Waals surface area contributed by atoms with Crippen LogP contribution >= 0.6 is 0 Å². The largest absolute Gasteiger partial charge is 0.508 e. The number of phenols is 2. The van der Waals surface area contributed by atoms with Crippen molar-refractivity contribution in [1.29, 1.82) is 0 Å². The smallest absolute Gasteiger partial charge is 0.123 e. The normalized spacial score (nSPS) is 9.95. The van der Waals surface area contributed by atoms with E-state index >= 15 is 0 Å². The summed E-state index contributed by atoms with van der Waals surface area (Å²) in [6.07, 6.45) is 0. The van der Waals surface area contributed by atoms with Gasteiger partial charge in [-0.15, -0.1) is 0 Å². The third-order valence-electron chi connectivity index (χ3n) is 2.78. The first-order valence-electron chi connectivity index (χ1n) is 7.25. The van der Waals surface area contributed by atoms with Crippen molar-refractivity contribution in [1.82, 2.24) is 0 Å². The predicted octanol–water partition coefficient (Wildman–Crippen LogP) is 5.94. The molecule has 2 aromatic carbocycles. The van der Waals surface area contributed by atoms with E-state index in [2.05, 4.69) is 0 Å². The molecule has 2 rings (SSSR count). The van der Waals surface area contributed by atoms with Crippen molar-refractivity contribution in [2.24, 2.45) is 0 Å². The van der Waals surface area contributed by atoms with Crippen molar-refractivity contribution in [2.75, 3.05) is 0 Å². The highest BCUT2D eigenvalue weighted by Gasteiger charge is 2.12. The Morgan fingerprint density at radius 2 is 1.33 bits per heavy atom. The lowest BCUT2D eigenvalue weighted by atomic mass is 9.92. The minimum absolute atomic E-state index is 0. The van der Waals surface area contributed by atoms with Gasteiger partial charge in [-0.25, -0.2) is 0 Å². The monoisotopic (exact) mass is 290 g/mol. The highest BCUT2D eigenvalue weighted by atomic mass is 16.3. The molecule has 2 nitrogen and oxygen atoms in total. The molecule has 0 aliphatic carbocycles. The maximum absolute atomic E-state index is 9.76. The highest BCUT2D eigenvalue weighted by molar-refractivity contribution is 5.44. The van der Waals surface area contributed by atoms with Crippen LogP contribution in [0.2, 0.25) is 0 Å². The van der Waals surface area contributed by atoms with Crippen LogP contribution in [-0.4, -0.2) is 10.2 Å². The molecule has 1 unspecified atom stereocenters. The predicted molar refractivity (Wildman–Crippen MR) is 93.2 cm³/mol. The van der Waals surface area contributed by atoms with Gasteiger partial charge < -0.3 is 10.2 Å². The van der Waals surface area contributed by atoms with Crippen LogP contribution in [0.5, 0.6) is 11.5 Å². The Hall–Kier alpha value is -1.96. The molecule has 2 N–H and O–H groups in total. The van der Waals surface area contributed by atoms with E-state index < -0.39 is 0 Å². The zero-order valence-corrected chi connectivity index (χ0v) is 13.1. The van der Waals surface area contributed by atoms with Crippen LogP contribution in [0.25, 0.3) is 0 Å². The van der Waals surface area contributed by atoms with Crippen molar-refractivity contribution in [3.05, 3.63) is 59.7 Å². The van der Waals surface area contributed by atoms with Gasteiger partial charge in [0.2, 0.25) is 0 Å². The number of phenolic OH excluding ortho intramolecular Hbond substituents is 2. The van der Waals surface area contributed by atoms with Crippen molar-refractivity contribution in [3.8, 4) is 11.5 Å². The highest BCUT2D eigenvalue weighted by Crippen LogP contribution is 2.32. The van der Waals surface area contributed by atoms with Gasteiger partial charge in [0.1, 0.15) is 11.5 Å². The minimum atomic E-state index is 0. The number of hydrogen-bond donors (Lipinski definition) is 2. The van der Waals surface area contributed by atoms with E-state index in [1.807, 2.05) is 65.0 Å². The molecule has 0 radical (unpaired) electrons. The van der Waals surface area contributed by atoms with Crippen LogP contribution in [0.4, 0.5) is 0 Å². The lowest BCUT2D eigenvalue weighted by Gasteiger charge is -2.14. The molecule has 1 atom stereocenters. The van der Waals surface area contributed by atoms with Crippen molar-refractivity contribution in [2.45, 2.75) is 48.0 Å². The maximum Gasteiger partial charge on any atom is 0.123 e. The first-order valence-corrected chi connectivity index (χ1v) is 7.25. The zero-order chi connectivity index (χ0) is 15.5. The van der Waals surface area contributed by atoms with Gasteiger partial charge in [0.25, 0.3) is 0 Å². The average Bonchev–Trinajstić information content (AvgIpc) is 2.51. The van der Waals surface area contributed by atoms with Gasteiger partial charge in [-0.1, -0.05) is 78.4 Å². The van der Waals surface area contributed by atoms with Crippen molar-refractivity contribution >= 4 is 0 Å². The molecule has 2 aromatic rings. The Bertz CT molecular complexity index is 478. The number of rotatable bonds is 2. The topological polar surface area (TPSA) is 40.5 Å². The summed E-state index contributed by atoms with van der Waals surface area (Å²) in [6.45, 7) is 10.0. The van der Waals surface area contributed by atoms with Gasteiger partial charge >= 0.3 is 0 Å². The lowest BCUT2D eigenvalue weighted by molar-refractivity contribution is 0.444. The summed E-state index contributed by atoms with van der Waals surface area (Å²) in [5, 5.41) is 19.0. The van der Waals surface area contributed by atoms with Crippen LogP contribution < -0.4 is 0 Å². The summed E-state index contributed by atoms with van der Waals surface area (Å²) in [4.78, 5) is 0. The second-order valence-corrected chi connectivity index (χ2v) is 3.88. The molecular formula is C19H30O2. The van der Waals surface area contributed by atoms with Crippen LogP contribution in [-0.2, 0) is 0 Å². The summed E-state index contributed by atoms with van der Waals surface area (Å²) < 4.78 is 0. The second kappa shape index (κ2) is 11.8. The summed E-state index contributed by atoms with van der Waals surface area (Å²) >= 11 is 0. The van der Waals surface area contributed by atoms with E-state index in [9.17, 15) is 10.2 Å². The van der Waals surface area contributed by atoms with Gasteiger partial charge in [0, 0.05) is 17.5 Å². The lowest BCUT2D eigenvalue weighted by Crippen LogP contribution is -1.95. The fourth-order valence-electron chi connectivity index (χ4n) is 1.82. The zero-order valence-electron chi connectivity index (χ0n) is 13.1. The molecule has 0 amide bonds. The molecule has 0 spiro atoms. The Labute approximate surface area is 130 Å². The van der Waals surface area contributed by atoms with Gasteiger partial charge in [0.05, 0.1) is 0 Å². The maximum atomic E-state index is 9.76. The molecule has 0 saturated heterocycles. The number of aromatic hydroxyl groups is 2. The molecule has 118 valence electrons. The first-order chi connectivity index (χ1) is 9.68. The van der Waals surface area contributed by atoms with E-state index in [1.54, 1.807) is 12.1 Å². The Kier molecular flexibility index (Phi) is 12.0. The number of benzene rings is 2. The molecule has 0 fully saturated rings. The fraction of sp³-hybridized carbons (Fsp3) is 0.368. The molecule has 0 saturated carbocycles. The molecular weight excluding hydrogens is 260 g/mol.